The van der Waals surface area contributed by atoms with E-state index in [1.54, 1.807) is 6.07 Å². The molecule has 23 heavy (non-hydrogen) atoms. The smallest absolute Gasteiger partial charge is 0.454 e. The second kappa shape index (κ2) is 8.29. The fraction of sp³-hybridized carbons (Fsp3) is 0.538. The molecule has 0 aliphatic heterocycles. The summed E-state index contributed by atoms with van der Waals surface area (Å²) < 4.78 is 72.5. The van der Waals surface area contributed by atoms with Crippen LogP contribution in [0.1, 0.15) is 5.56 Å². The van der Waals surface area contributed by atoms with Crippen molar-refractivity contribution in [3.05, 3.63) is 17.7 Å². The molecule has 0 fully saturated rings. The van der Waals surface area contributed by atoms with Gasteiger partial charge in [0, 0.05) is 0 Å². The van der Waals surface area contributed by atoms with Crippen molar-refractivity contribution in [1.82, 2.24) is 0 Å². The number of hydrogen-bond donors (Lipinski definition) is 1. The summed E-state index contributed by atoms with van der Waals surface area (Å²) in [6, 6.07) is 3.17. The maximum absolute atomic E-state index is 12.9. The van der Waals surface area contributed by atoms with Gasteiger partial charge in [-0.1, -0.05) is 21.6 Å². The molecule has 3 nitrogen and oxygen atoms in total. The van der Waals surface area contributed by atoms with Crippen LogP contribution in [0.15, 0.2) is 17.0 Å². The van der Waals surface area contributed by atoms with Gasteiger partial charge in [-0.15, -0.1) is 0 Å². The molecule has 0 aromatic heterocycles. The quantitative estimate of drug-likeness (QED) is 0.545. The minimum Gasteiger partial charge on any atom is -0.496 e. The summed E-state index contributed by atoms with van der Waals surface area (Å²) >= 11 is 0. The Bertz CT molecular complexity index is 526. The van der Waals surface area contributed by atoms with Gasteiger partial charge in [0.2, 0.25) is 0 Å². The van der Waals surface area contributed by atoms with Gasteiger partial charge in [-0.3, -0.25) is 0 Å². The molecular weight excluding hydrogens is 361 g/mol. The molecule has 1 rings (SSSR count). The average molecular weight is 377 g/mol. The van der Waals surface area contributed by atoms with Gasteiger partial charge in [0.1, 0.15) is 11.5 Å². The molecule has 1 aromatic carbocycles. The molecule has 0 bridgehead atoms. The lowest BCUT2D eigenvalue weighted by molar-refractivity contribution is -0.270. The summed E-state index contributed by atoms with van der Waals surface area (Å²) in [7, 11) is 3.98. The monoisotopic (exact) mass is 377 g/mol. The van der Waals surface area contributed by atoms with Crippen LogP contribution in [0.3, 0.4) is 0 Å². The van der Waals surface area contributed by atoms with E-state index >= 15 is 0 Å². The first-order valence-electron chi connectivity index (χ1n) is 6.35. The lowest BCUT2D eigenvalue weighted by Gasteiger charge is -2.19. The van der Waals surface area contributed by atoms with Crippen molar-refractivity contribution in [3.8, 4) is 11.5 Å². The van der Waals surface area contributed by atoms with E-state index in [4.69, 9.17) is 15.2 Å². The van der Waals surface area contributed by atoms with Crippen molar-refractivity contribution in [2.45, 2.75) is 23.4 Å². The van der Waals surface area contributed by atoms with E-state index in [9.17, 15) is 22.0 Å². The predicted molar refractivity (Wildman–Crippen MR) is 81.6 cm³/mol. The molecule has 0 saturated carbocycles. The van der Waals surface area contributed by atoms with Crippen LogP contribution >= 0.6 is 21.6 Å². The molecule has 0 atom stereocenters. The van der Waals surface area contributed by atoms with Crippen LogP contribution in [0, 0.1) is 0 Å². The number of ether oxygens (including phenoxy) is 2. The first-order valence-corrected chi connectivity index (χ1v) is 8.67. The molecule has 0 spiro atoms. The minimum absolute atomic E-state index is 0.363. The highest BCUT2D eigenvalue weighted by molar-refractivity contribution is 8.76. The van der Waals surface area contributed by atoms with Crippen LogP contribution < -0.4 is 15.2 Å². The minimum atomic E-state index is -5.56. The van der Waals surface area contributed by atoms with E-state index in [1.165, 1.54) is 20.3 Å². The van der Waals surface area contributed by atoms with E-state index < -0.39 is 17.9 Å². The lowest BCUT2D eigenvalue weighted by Crippen LogP contribution is -2.38. The molecule has 132 valence electrons. The van der Waals surface area contributed by atoms with E-state index in [0.29, 0.717) is 40.2 Å². The van der Waals surface area contributed by atoms with Crippen molar-refractivity contribution in [3.63, 3.8) is 0 Å². The first kappa shape index (κ1) is 20.2. The molecule has 0 radical (unpaired) electrons. The topological polar surface area (TPSA) is 44.5 Å². The summed E-state index contributed by atoms with van der Waals surface area (Å²) in [4.78, 5) is 0.396. The highest BCUT2D eigenvalue weighted by Crippen LogP contribution is 2.45. The highest BCUT2D eigenvalue weighted by atomic mass is 33.1. The van der Waals surface area contributed by atoms with E-state index in [1.807, 2.05) is 0 Å². The number of alkyl halides is 5. The predicted octanol–water partition coefficient (Wildman–Crippen LogP) is 4.14. The Balaban J connectivity index is 2.88. The van der Waals surface area contributed by atoms with Gasteiger partial charge in [0.25, 0.3) is 0 Å². The van der Waals surface area contributed by atoms with Gasteiger partial charge in [-0.25, -0.2) is 0 Å². The summed E-state index contributed by atoms with van der Waals surface area (Å²) in [5.41, 5.74) is 6.25. The van der Waals surface area contributed by atoms with Crippen LogP contribution in [0.4, 0.5) is 22.0 Å². The fourth-order valence-corrected chi connectivity index (χ4v) is 3.87. The standard InChI is InChI=1S/C13H16F5NO2S2/c1-20-9-6-11(10(21-2)5-8(9)3-4-19)23-22-7-12(14,15)13(16,17)18/h5-6H,3-4,7,19H2,1-2H3. The third kappa shape index (κ3) is 5.32. The molecular formula is C13H16F5NO2S2. The largest absolute Gasteiger partial charge is 0.496 e. The van der Waals surface area contributed by atoms with Crippen molar-refractivity contribution in [1.29, 1.82) is 0 Å². The van der Waals surface area contributed by atoms with Crippen LogP contribution in [0.2, 0.25) is 0 Å². The SMILES string of the molecule is COc1cc(SSCC(F)(F)C(F)(F)F)c(OC)cc1CCN. The fourth-order valence-electron chi connectivity index (χ4n) is 1.60. The second-order valence-electron chi connectivity index (χ2n) is 4.40. The van der Waals surface area contributed by atoms with E-state index in [0.717, 1.165) is 16.4 Å². The molecule has 1 aromatic rings. The maximum atomic E-state index is 12.9. The van der Waals surface area contributed by atoms with Crippen molar-refractivity contribution >= 4 is 21.6 Å². The number of nitrogens with two attached hydrogens (primary N) is 1. The number of hydrogen-bond acceptors (Lipinski definition) is 5. The Morgan fingerprint density at radius 2 is 1.65 bits per heavy atom. The molecule has 0 aliphatic carbocycles. The van der Waals surface area contributed by atoms with Crippen LogP contribution in [0.25, 0.3) is 0 Å². The average Bonchev–Trinajstić information content (AvgIpc) is 2.46. The summed E-state index contributed by atoms with van der Waals surface area (Å²) in [5, 5.41) is 0. The van der Waals surface area contributed by atoms with Gasteiger partial charge in [-0.05, 0) is 30.7 Å². The highest BCUT2D eigenvalue weighted by Gasteiger charge is 2.57. The third-order valence-electron chi connectivity index (χ3n) is 2.78. The van der Waals surface area contributed by atoms with Gasteiger partial charge >= 0.3 is 12.1 Å². The number of halogens is 5. The van der Waals surface area contributed by atoms with Crippen molar-refractivity contribution < 1.29 is 31.4 Å². The zero-order valence-corrected chi connectivity index (χ0v) is 14.0. The lowest BCUT2D eigenvalue weighted by atomic mass is 10.1. The third-order valence-corrected chi connectivity index (χ3v) is 5.13. The van der Waals surface area contributed by atoms with Crippen LogP contribution in [-0.2, 0) is 6.42 Å². The zero-order chi connectivity index (χ0) is 17.7. The molecule has 10 heteroatoms. The normalized spacial score (nSPS) is 12.3. The number of methoxy groups -OCH3 is 2. The summed E-state index contributed by atoms with van der Waals surface area (Å²) in [6.07, 6.45) is -5.04. The molecule has 0 heterocycles. The van der Waals surface area contributed by atoms with Gasteiger partial charge in [-0.2, -0.15) is 22.0 Å². The Kier molecular flexibility index (Phi) is 7.28. The first-order chi connectivity index (χ1) is 10.7. The van der Waals surface area contributed by atoms with Gasteiger partial charge in [0.15, 0.2) is 0 Å². The van der Waals surface area contributed by atoms with E-state index in [-0.39, 0.29) is 0 Å². The molecule has 0 unspecified atom stereocenters. The number of benzene rings is 1. The van der Waals surface area contributed by atoms with Gasteiger partial charge in [0.05, 0.1) is 24.9 Å². The Labute approximate surface area is 138 Å². The second-order valence-corrected chi connectivity index (χ2v) is 6.74. The summed E-state index contributed by atoms with van der Waals surface area (Å²) in [6.45, 7) is 0.374. The van der Waals surface area contributed by atoms with E-state index in [2.05, 4.69) is 0 Å². The maximum Gasteiger partial charge on any atom is 0.454 e. The Morgan fingerprint density at radius 1 is 1.04 bits per heavy atom. The Hall–Kier alpha value is -0.870. The molecule has 0 saturated heterocycles. The summed E-state index contributed by atoms with van der Waals surface area (Å²) in [5.74, 6) is -5.30. The molecule has 0 aliphatic rings. The van der Waals surface area contributed by atoms with Crippen molar-refractivity contribution in [2.24, 2.45) is 5.73 Å². The van der Waals surface area contributed by atoms with Crippen LogP contribution in [-0.4, -0.2) is 38.6 Å². The van der Waals surface area contributed by atoms with Crippen molar-refractivity contribution in [2.75, 3.05) is 26.5 Å². The molecule has 2 N–H and O–H groups in total. The van der Waals surface area contributed by atoms with Gasteiger partial charge < -0.3 is 15.2 Å². The Morgan fingerprint density at radius 3 is 2.13 bits per heavy atom. The molecule has 0 amide bonds. The van der Waals surface area contributed by atoms with Crippen LogP contribution in [0.5, 0.6) is 11.5 Å². The number of rotatable bonds is 8. The zero-order valence-electron chi connectivity index (χ0n) is 12.4.